The SMILES string of the molecule is CCC.CCCC.CCCN(C)C.CN1CCN(C)CC1.Cc1ccccn1. The molecule has 0 radical (unpaired) electrons. The second-order valence-electron chi connectivity index (χ2n) is 7.59. The van der Waals surface area contributed by atoms with Gasteiger partial charge >= 0.3 is 0 Å². The highest BCUT2D eigenvalue weighted by atomic mass is 15.2. The molecule has 1 aromatic rings. The van der Waals surface area contributed by atoms with Crippen molar-refractivity contribution in [3.05, 3.63) is 30.1 Å². The molecule has 0 aromatic carbocycles. The summed E-state index contributed by atoms with van der Waals surface area (Å²) in [6.45, 7) is 18.9. The van der Waals surface area contributed by atoms with Crippen molar-refractivity contribution in [2.24, 2.45) is 0 Å². The van der Waals surface area contributed by atoms with Gasteiger partial charge < -0.3 is 14.7 Å². The van der Waals surface area contributed by atoms with Crippen LogP contribution in [0.2, 0.25) is 0 Å². The number of hydrogen-bond acceptors (Lipinski definition) is 4. The van der Waals surface area contributed by atoms with Gasteiger partial charge in [-0.05, 0) is 60.2 Å². The van der Waals surface area contributed by atoms with E-state index in [1.54, 1.807) is 6.20 Å². The molecular formula is C24H52N4. The van der Waals surface area contributed by atoms with E-state index in [4.69, 9.17) is 0 Å². The lowest BCUT2D eigenvalue weighted by Crippen LogP contribution is -2.42. The molecule has 1 aromatic heterocycles. The van der Waals surface area contributed by atoms with Crippen molar-refractivity contribution in [2.45, 2.75) is 67.2 Å². The first-order chi connectivity index (χ1) is 13.3. The average molecular weight is 397 g/mol. The van der Waals surface area contributed by atoms with Crippen LogP contribution in [0.3, 0.4) is 0 Å². The molecule has 0 bridgehead atoms. The van der Waals surface area contributed by atoms with E-state index in [1.165, 1.54) is 58.4 Å². The number of hydrogen-bond donors (Lipinski definition) is 0. The minimum absolute atomic E-state index is 1.07. The number of pyridine rings is 1. The van der Waals surface area contributed by atoms with Crippen molar-refractivity contribution in [1.29, 1.82) is 0 Å². The molecule has 2 rings (SSSR count). The Morgan fingerprint density at radius 2 is 1.25 bits per heavy atom. The van der Waals surface area contributed by atoms with Gasteiger partial charge in [0, 0.05) is 38.1 Å². The highest BCUT2D eigenvalue weighted by molar-refractivity contribution is 4.99. The zero-order valence-corrected chi connectivity index (χ0v) is 21.0. The first kappa shape index (κ1) is 31.7. The maximum absolute atomic E-state index is 3.98. The van der Waals surface area contributed by atoms with Crippen LogP contribution in [0.15, 0.2) is 24.4 Å². The van der Waals surface area contributed by atoms with Gasteiger partial charge in [-0.3, -0.25) is 4.98 Å². The summed E-state index contributed by atoms with van der Waals surface area (Å²) in [6, 6.07) is 5.86. The van der Waals surface area contributed by atoms with Crippen molar-refractivity contribution in [1.82, 2.24) is 19.7 Å². The predicted molar refractivity (Wildman–Crippen MR) is 129 cm³/mol. The normalized spacial score (nSPS) is 13.5. The Kier molecular flexibility index (Phi) is 29.5. The molecule has 1 aliphatic rings. The molecule has 0 unspecified atom stereocenters. The molecule has 0 atom stereocenters. The van der Waals surface area contributed by atoms with Crippen LogP contribution in [0.25, 0.3) is 0 Å². The number of piperazine rings is 1. The average Bonchev–Trinajstić information content (AvgIpc) is 2.66. The highest BCUT2D eigenvalue weighted by Gasteiger charge is 2.07. The van der Waals surface area contributed by atoms with Crippen LogP contribution in [0, 0.1) is 6.92 Å². The van der Waals surface area contributed by atoms with Crippen LogP contribution in [0.1, 0.15) is 66.0 Å². The number of aryl methyl sites for hydroxylation is 1. The third-order valence-corrected chi connectivity index (χ3v) is 3.71. The van der Waals surface area contributed by atoms with Crippen molar-refractivity contribution >= 4 is 0 Å². The molecule has 1 fully saturated rings. The monoisotopic (exact) mass is 396 g/mol. The lowest BCUT2D eigenvalue weighted by Gasteiger charge is -2.28. The van der Waals surface area contributed by atoms with Crippen LogP contribution >= 0.6 is 0 Å². The van der Waals surface area contributed by atoms with Gasteiger partial charge in [-0.2, -0.15) is 0 Å². The summed E-state index contributed by atoms with van der Waals surface area (Å²) in [5.74, 6) is 0. The standard InChI is InChI=1S/C6H14N2.C6H7N.C5H13N.C4H10.C3H8/c1-7-3-5-8(2)6-4-7;1-6-4-2-3-5-7-6;1-4-5-6(2)3;1-3-4-2;1-3-2/h3-6H2,1-2H3;2-5H,1H3;4-5H2,1-3H3;3-4H2,1-2H3;3H2,1-2H3. The Hall–Kier alpha value is -0.970. The summed E-state index contributed by atoms with van der Waals surface area (Å²) >= 11 is 0. The number of aromatic nitrogens is 1. The van der Waals surface area contributed by atoms with E-state index in [2.05, 4.69) is 82.5 Å². The second kappa shape index (κ2) is 26.0. The zero-order chi connectivity index (χ0) is 22.2. The maximum atomic E-state index is 3.98. The van der Waals surface area contributed by atoms with Gasteiger partial charge in [0.25, 0.3) is 0 Å². The third kappa shape index (κ3) is 32.7. The van der Waals surface area contributed by atoms with Gasteiger partial charge in [0.2, 0.25) is 0 Å². The number of rotatable bonds is 3. The summed E-state index contributed by atoms with van der Waals surface area (Å²) < 4.78 is 0. The lowest BCUT2D eigenvalue weighted by atomic mass is 10.4. The molecule has 28 heavy (non-hydrogen) atoms. The van der Waals surface area contributed by atoms with Crippen molar-refractivity contribution in [2.75, 3.05) is 60.9 Å². The van der Waals surface area contributed by atoms with E-state index in [9.17, 15) is 0 Å². The largest absolute Gasteiger partial charge is 0.309 e. The Balaban J connectivity index is -0.000000291. The van der Waals surface area contributed by atoms with Crippen LogP contribution in [0.5, 0.6) is 0 Å². The Labute approximate surface area is 178 Å². The Morgan fingerprint density at radius 3 is 1.39 bits per heavy atom. The molecule has 0 N–H and O–H groups in total. The van der Waals surface area contributed by atoms with E-state index in [-0.39, 0.29) is 0 Å². The molecule has 0 saturated carbocycles. The fourth-order valence-corrected chi connectivity index (χ4v) is 1.80. The van der Waals surface area contributed by atoms with Crippen LogP contribution in [-0.4, -0.2) is 80.6 Å². The molecule has 168 valence electrons. The molecule has 4 heteroatoms. The molecule has 4 nitrogen and oxygen atoms in total. The summed E-state index contributed by atoms with van der Waals surface area (Å²) in [7, 11) is 8.52. The van der Waals surface area contributed by atoms with Crippen molar-refractivity contribution in [3.8, 4) is 0 Å². The van der Waals surface area contributed by atoms with E-state index in [0.717, 1.165) is 5.69 Å². The topological polar surface area (TPSA) is 22.6 Å². The molecule has 0 aliphatic carbocycles. The van der Waals surface area contributed by atoms with Crippen molar-refractivity contribution < 1.29 is 0 Å². The lowest BCUT2D eigenvalue weighted by molar-refractivity contribution is 0.181. The highest BCUT2D eigenvalue weighted by Crippen LogP contribution is 1.93. The van der Waals surface area contributed by atoms with Gasteiger partial charge in [-0.1, -0.05) is 59.9 Å². The van der Waals surface area contributed by atoms with Crippen LogP contribution < -0.4 is 0 Å². The molecule has 0 amide bonds. The molecule has 0 spiro atoms. The molecule has 2 heterocycles. The first-order valence-electron chi connectivity index (χ1n) is 11.2. The smallest absolute Gasteiger partial charge is 0.0372 e. The maximum Gasteiger partial charge on any atom is 0.0372 e. The molecular weight excluding hydrogens is 344 g/mol. The van der Waals surface area contributed by atoms with E-state index in [0.29, 0.717) is 0 Å². The number of nitrogens with zero attached hydrogens (tertiary/aromatic N) is 4. The third-order valence-electron chi connectivity index (χ3n) is 3.71. The molecule has 1 aliphatic heterocycles. The summed E-state index contributed by atoms with van der Waals surface area (Å²) in [6.07, 6.45) is 6.93. The first-order valence-corrected chi connectivity index (χ1v) is 11.2. The minimum atomic E-state index is 1.07. The zero-order valence-electron chi connectivity index (χ0n) is 21.0. The van der Waals surface area contributed by atoms with Gasteiger partial charge in [0.05, 0.1) is 0 Å². The fraction of sp³-hybridized carbons (Fsp3) is 0.792. The van der Waals surface area contributed by atoms with Gasteiger partial charge in [0.1, 0.15) is 0 Å². The number of likely N-dealkylation sites (N-methyl/N-ethyl adjacent to an activating group) is 2. The Morgan fingerprint density at radius 1 is 0.821 bits per heavy atom. The van der Waals surface area contributed by atoms with Crippen LogP contribution in [0.4, 0.5) is 0 Å². The molecule has 1 saturated heterocycles. The second-order valence-corrected chi connectivity index (χ2v) is 7.59. The number of unbranched alkanes of at least 4 members (excludes halogenated alkanes) is 1. The summed E-state index contributed by atoms with van der Waals surface area (Å²) in [5.41, 5.74) is 1.07. The predicted octanol–water partition coefficient (Wildman–Crippen LogP) is 5.43. The van der Waals surface area contributed by atoms with Gasteiger partial charge in [-0.15, -0.1) is 0 Å². The van der Waals surface area contributed by atoms with E-state index in [1.807, 2.05) is 25.1 Å². The summed E-state index contributed by atoms with van der Waals surface area (Å²) in [4.78, 5) is 10.9. The van der Waals surface area contributed by atoms with E-state index < -0.39 is 0 Å². The van der Waals surface area contributed by atoms with Crippen molar-refractivity contribution in [3.63, 3.8) is 0 Å². The Bertz CT molecular complexity index is 348. The quantitative estimate of drug-likeness (QED) is 0.679. The van der Waals surface area contributed by atoms with Crippen LogP contribution in [-0.2, 0) is 0 Å². The minimum Gasteiger partial charge on any atom is -0.309 e. The summed E-state index contributed by atoms with van der Waals surface area (Å²) in [5, 5.41) is 0. The van der Waals surface area contributed by atoms with Gasteiger partial charge in [-0.25, -0.2) is 0 Å². The van der Waals surface area contributed by atoms with Gasteiger partial charge in [0.15, 0.2) is 0 Å². The van der Waals surface area contributed by atoms with E-state index >= 15 is 0 Å². The fourth-order valence-electron chi connectivity index (χ4n) is 1.80.